The van der Waals surface area contributed by atoms with Gasteiger partial charge in [0.1, 0.15) is 5.54 Å². The van der Waals surface area contributed by atoms with Crippen LogP contribution in [0.5, 0.6) is 0 Å². The predicted molar refractivity (Wildman–Crippen MR) is 75.6 cm³/mol. The highest BCUT2D eigenvalue weighted by Gasteiger charge is 2.46. The Bertz CT molecular complexity index is 318. The Kier molecular flexibility index (Phi) is 5.41. The number of nitrogens with one attached hydrogen (secondary N) is 1. The molecule has 0 aromatic carbocycles. The fraction of sp³-hybridized carbons (Fsp3) is 0.933. The zero-order valence-electron chi connectivity index (χ0n) is 12.8. The van der Waals surface area contributed by atoms with Crippen molar-refractivity contribution in [1.82, 2.24) is 5.32 Å². The van der Waals surface area contributed by atoms with Crippen molar-refractivity contribution in [2.75, 3.05) is 19.8 Å². The van der Waals surface area contributed by atoms with E-state index in [4.69, 9.17) is 14.2 Å². The monoisotopic (exact) mass is 285 g/mol. The third-order valence-electron chi connectivity index (χ3n) is 4.09. The van der Waals surface area contributed by atoms with Gasteiger partial charge in [-0.3, -0.25) is 10.1 Å². The molecule has 3 atom stereocenters. The van der Waals surface area contributed by atoms with E-state index in [1.54, 1.807) is 0 Å². The van der Waals surface area contributed by atoms with E-state index in [0.29, 0.717) is 26.0 Å². The smallest absolute Gasteiger partial charge is 0.326 e. The summed E-state index contributed by atoms with van der Waals surface area (Å²) in [5.41, 5.74) is -0.626. The normalized spacial score (nSPS) is 37.9. The zero-order valence-corrected chi connectivity index (χ0v) is 12.8. The Balaban J connectivity index is 2.03. The van der Waals surface area contributed by atoms with Crippen LogP contribution in [0.25, 0.3) is 0 Å². The van der Waals surface area contributed by atoms with Gasteiger partial charge in [0.25, 0.3) is 0 Å². The average Bonchev–Trinajstić information content (AvgIpc) is 2.88. The highest BCUT2D eigenvalue weighted by Crippen LogP contribution is 2.30. The highest BCUT2D eigenvalue weighted by molar-refractivity contribution is 5.81. The molecular weight excluding hydrogens is 258 g/mol. The Morgan fingerprint density at radius 2 is 2.05 bits per heavy atom. The topological polar surface area (TPSA) is 56.8 Å². The van der Waals surface area contributed by atoms with E-state index in [0.717, 1.165) is 19.4 Å². The first kappa shape index (κ1) is 15.7. The van der Waals surface area contributed by atoms with Crippen LogP contribution in [0.3, 0.4) is 0 Å². The molecule has 2 aliphatic rings. The van der Waals surface area contributed by atoms with E-state index < -0.39 is 5.54 Å². The molecule has 0 saturated carbocycles. The molecule has 20 heavy (non-hydrogen) atoms. The largest absolute Gasteiger partial charge is 0.465 e. The predicted octanol–water partition coefficient (Wildman–Crippen LogP) is 1.64. The molecule has 1 N–H and O–H groups in total. The first-order valence-corrected chi connectivity index (χ1v) is 7.75. The van der Waals surface area contributed by atoms with Crippen LogP contribution in [0.4, 0.5) is 0 Å². The quantitative estimate of drug-likeness (QED) is 0.778. The summed E-state index contributed by atoms with van der Waals surface area (Å²) in [5, 5.41) is 3.44. The number of rotatable bonds is 5. The van der Waals surface area contributed by atoms with Gasteiger partial charge in [-0.15, -0.1) is 0 Å². The molecule has 0 radical (unpaired) electrons. The van der Waals surface area contributed by atoms with Gasteiger partial charge in [-0.2, -0.15) is 0 Å². The first-order chi connectivity index (χ1) is 9.55. The molecule has 2 rings (SSSR count). The molecule has 5 nitrogen and oxygen atoms in total. The number of esters is 1. The lowest BCUT2D eigenvalue weighted by molar-refractivity contribution is -0.162. The second kappa shape index (κ2) is 6.87. The minimum Gasteiger partial charge on any atom is -0.465 e. The standard InChI is InChI=1S/C15H27NO4/c1-4-18-14(17)15(8-11(2)20-12(3)9-15)16-10-13-6-5-7-19-13/h11-13,16H,4-10H2,1-3H3. The molecule has 0 aromatic rings. The molecule has 3 unspecified atom stereocenters. The Morgan fingerprint density at radius 1 is 1.35 bits per heavy atom. The average molecular weight is 285 g/mol. The van der Waals surface area contributed by atoms with E-state index in [-0.39, 0.29) is 24.3 Å². The van der Waals surface area contributed by atoms with E-state index in [9.17, 15) is 4.79 Å². The zero-order chi connectivity index (χ0) is 14.6. The van der Waals surface area contributed by atoms with Crippen molar-refractivity contribution < 1.29 is 19.0 Å². The third-order valence-corrected chi connectivity index (χ3v) is 4.09. The molecule has 0 aromatic heterocycles. The van der Waals surface area contributed by atoms with Crippen molar-refractivity contribution in [3.63, 3.8) is 0 Å². The van der Waals surface area contributed by atoms with Gasteiger partial charge in [-0.1, -0.05) is 0 Å². The number of hydrogen-bond acceptors (Lipinski definition) is 5. The first-order valence-electron chi connectivity index (χ1n) is 7.75. The van der Waals surface area contributed by atoms with Gasteiger partial charge >= 0.3 is 5.97 Å². The van der Waals surface area contributed by atoms with Gasteiger partial charge in [0.2, 0.25) is 0 Å². The summed E-state index contributed by atoms with van der Waals surface area (Å²) in [5.74, 6) is -0.153. The lowest BCUT2D eigenvalue weighted by Crippen LogP contribution is -2.60. The van der Waals surface area contributed by atoms with Crippen molar-refractivity contribution in [3.8, 4) is 0 Å². The van der Waals surface area contributed by atoms with Crippen molar-refractivity contribution in [1.29, 1.82) is 0 Å². The second-order valence-corrected chi connectivity index (χ2v) is 5.98. The summed E-state index contributed by atoms with van der Waals surface area (Å²) < 4.78 is 16.7. The molecule has 0 aliphatic carbocycles. The molecular formula is C15H27NO4. The summed E-state index contributed by atoms with van der Waals surface area (Å²) >= 11 is 0. The van der Waals surface area contributed by atoms with E-state index in [1.807, 2.05) is 20.8 Å². The molecule has 2 heterocycles. The fourth-order valence-electron chi connectivity index (χ4n) is 3.32. The fourth-order valence-corrected chi connectivity index (χ4v) is 3.32. The van der Waals surface area contributed by atoms with Gasteiger partial charge in [0, 0.05) is 26.0 Å². The molecule has 116 valence electrons. The Labute approximate surface area is 121 Å². The van der Waals surface area contributed by atoms with Gasteiger partial charge in [-0.25, -0.2) is 0 Å². The van der Waals surface area contributed by atoms with Gasteiger partial charge in [0.05, 0.1) is 24.9 Å². The van der Waals surface area contributed by atoms with Crippen molar-refractivity contribution >= 4 is 5.97 Å². The lowest BCUT2D eigenvalue weighted by atomic mass is 9.83. The van der Waals surface area contributed by atoms with Crippen LogP contribution >= 0.6 is 0 Å². The molecule has 5 heteroatoms. The molecule has 2 saturated heterocycles. The van der Waals surface area contributed by atoms with Crippen LogP contribution in [0.2, 0.25) is 0 Å². The van der Waals surface area contributed by atoms with E-state index in [1.165, 1.54) is 0 Å². The summed E-state index contributed by atoms with van der Waals surface area (Å²) in [4.78, 5) is 12.4. The molecule has 0 bridgehead atoms. The Hall–Kier alpha value is -0.650. The third kappa shape index (κ3) is 3.71. The van der Waals surface area contributed by atoms with Crippen LogP contribution in [0.15, 0.2) is 0 Å². The minimum absolute atomic E-state index is 0.0557. The van der Waals surface area contributed by atoms with Crippen LogP contribution in [0, 0.1) is 0 Å². The molecule has 2 fully saturated rings. The number of hydrogen-bond donors (Lipinski definition) is 1. The molecule has 0 spiro atoms. The second-order valence-electron chi connectivity index (χ2n) is 5.98. The van der Waals surface area contributed by atoms with Gasteiger partial charge in [-0.05, 0) is 33.6 Å². The van der Waals surface area contributed by atoms with Crippen molar-refractivity contribution in [2.45, 2.75) is 70.3 Å². The minimum atomic E-state index is -0.626. The lowest BCUT2D eigenvalue weighted by Gasteiger charge is -2.41. The summed E-state index contributed by atoms with van der Waals surface area (Å²) in [6, 6.07) is 0. The summed E-state index contributed by atoms with van der Waals surface area (Å²) in [7, 11) is 0. The summed E-state index contributed by atoms with van der Waals surface area (Å²) in [6.07, 6.45) is 3.81. The maximum absolute atomic E-state index is 12.4. The highest BCUT2D eigenvalue weighted by atomic mass is 16.5. The summed E-state index contributed by atoms with van der Waals surface area (Å²) in [6.45, 7) is 7.81. The van der Waals surface area contributed by atoms with Gasteiger partial charge in [0.15, 0.2) is 0 Å². The van der Waals surface area contributed by atoms with E-state index in [2.05, 4.69) is 5.32 Å². The number of carbonyl (C=O) groups is 1. The van der Waals surface area contributed by atoms with Crippen molar-refractivity contribution in [3.05, 3.63) is 0 Å². The van der Waals surface area contributed by atoms with Gasteiger partial charge < -0.3 is 14.2 Å². The maximum atomic E-state index is 12.4. The molecule has 0 amide bonds. The number of ether oxygens (including phenoxy) is 3. The van der Waals surface area contributed by atoms with E-state index >= 15 is 0 Å². The van der Waals surface area contributed by atoms with Crippen LogP contribution in [0.1, 0.15) is 46.5 Å². The SMILES string of the molecule is CCOC(=O)C1(NCC2CCCO2)CC(C)OC(C)C1. The van der Waals surface area contributed by atoms with Crippen LogP contribution < -0.4 is 5.32 Å². The number of carbonyl (C=O) groups excluding carboxylic acids is 1. The van der Waals surface area contributed by atoms with Crippen LogP contribution in [-0.2, 0) is 19.0 Å². The molecule has 2 aliphatic heterocycles. The van der Waals surface area contributed by atoms with Crippen molar-refractivity contribution in [2.24, 2.45) is 0 Å². The Morgan fingerprint density at radius 3 is 2.60 bits per heavy atom. The maximum Gasteiger partial charge on any atom is 0.326 e. The van der Waals surface area contributed by atoms with Crippen LogP contribution in [-0.4, -0.2) is 49.6 Å².